The van der Waals surface area contributed by atoms with Crippen LogP contribution < -0.4 is 26.6 Å². The molecular formula is C79H131N5O59. The van der Waals surface area contributed by atoms with Crippen LogP contribution in [0.25, 0.3) is 0 Å². The maximum atomic E-state index is 13.6. The number of hydrogen-bond donors (Lipinski definition) is 37. The number of carboxylic acids is 1. The maximum Gasteiger partial charge on any atom is 0.364 e. The summed E-state index contributed by atoms with van der Waals surface area (Å²) in [6.45, 7) is -8.84. The normalized spacial score (nSPS) is 47.8. The van der Waals surface area contributed by atoms with Gasteiger partial charge in [0.1, 0.15) is 262 Å². The second-order valence-corrected chi connectivity index (χ2v) is 36.0. The zero-order chi connectivity index (χ0) is 106. The molecule has 0 aromatic rings. The van der Waals surface area contributed by atoms with Crippen molar-refractivity contribution >= 4 is 35.5 Å². The smallest absolute Gasteiger partial charge is 0.364 e. The van der Waals surface area contributed by atoms with Crippen molar-refractivity contribution in [1.29, 1.82) is 0 Å². The molecule has 56 atom stereocenters. The number of hydrogen-bond acceptors (Lipinski definition) is 58. The van der Waals surface area contributed by atoms with Crippen LogP contribution in [0.1, 0.15) is 41.0 Å². The molecule has 11 saturated heterocycles. The van der Waals surface area contributed by atoms with Crippen molar-refractivity contribution in [2.45, 2.75) is 384 Å². The standard InChI is InChI=1S/C79H131N5O59/c1-18(94)80-35-23(99)6-79(78(121)122,143-64(35)40(101)24(100)7-85)124-17-34-43(104)52(113)55(116)74(134-34)137-60-29(12-90)130-70(38(47(60)108)83-21(4)97)136-63-32(15-93)132-77(67(56(63)117)142-71-39(84-22(5)98)49(110)61(31(14-92)131-71)138-75-57(118)65(44(105)27(10-88)128-75)140-73-54(115)51(112)42(103)26(9-87)127-73)141-66-45(106)33(16-123-72-53(114)50(111)41(102)25(8-86)126-72)133-76(58(66)119)139-62-30(13-91)129-69(37(48(62)109)82-20(3)96)135-59-28(11-89)125-68(120)36(46(59)107)81-19(2)95/h23-77,85-93,99-120H,6-17H2,1-5H3,(H,80,94)(H,81,95)(H,82,96)(H,83,97)(H,84,98)(H,121,122)/t23-,24+,25+,26+,27+,28+,29+,30+,31+,32+,33+,34+,35+,36+,37+,38+,39+,40+,41+,42-,43-,44-,45+,46+,47+,48+,49+,50-,51-,52-,53-,54+,55+,56-,57+,58-,59+,60+,61+,62+,63+,64+,65-,66-,67-,68+,69-,70-,71-,72-,73+,74-,75-,76-,77+,79+/m0/s1. The zero-order valence-electron chi connectivity index (χ0n) is 76.6. The first kappa shape index (κ1) is 118. The van der Waals surface area contributed by atoms with Gasteiger partial charge in [0.15, 0.2) is 62.9 Å². The lowest BCUT2D eigenvalue weighted by atomic mass is 9.88. The summed E-state index contributed by atoms with van der Waals surface area (Å²) < 4.78 is 125. The second-order valence-electron chi connectivity index (χ2n) is 36.0. The Morgan fingerprint density at radius 3 is 0.951 bits per heavy atom. The third kappa shape index (κ3) is 26.2. The average Bonchev–Trinajstić information content (AvgIpc) is 0.769. The van der Waals surface area contributed by atoms with Gasteiger partial charge >= 0.3 is 5.97 Å². The molecule has 0 aliphatic carbocycles. The van der Waals surface area contributed by atoms with Crippen molar-refractivity contribution in [1.82, 2.24) is 26.6 Å². The van der Waals surface area contributed by atoms with Crippen LogP contribution in [-0.2, 0) is 128 Å². The number of nitrogens with one attached hydrogen (secondary N) is 5. The minimum atomic E-state index is -3.14. The number of carbonyl (C=O) groups is 6. The fourth-order valence-corrected chi connectivity index (χ4v) is 18.4. The van der Waals surface area contributed by atoms with Gasteiger partial charge in [-0.05, 0) is 0 Å². The molecule has 0 spiro atoms. The number of amides is 5. The first-order valence-electron chi connectivity index (χ1n) is 45.3. The van der Waals surface area contributed by atoms with Crippen LogP contribution in [0.4, 0.5) is 0 Å². The molecule has 0 aromatic carbocycles. The Morgan fingerprint density at radius 2 is 0.566 bits per heavy atom. The molecule has 0 aromatic heterocycles. The van der Waals surface area contributed by atoms with Crippen molar-refractivity contribution in [2.75, 3.05) is 72.7 Å². The van der Waals surface area contributed by atoms with Crippen molar-refractivity contribution in [2.24, 2.45) is 0 Å². The van der Waals surface area contributed by atoms with E-state index in [2.05, 4.69) is 26.6 Å². The van der Waals surface area contributed by atoms with Crippen molar-refractivity contribution in [3.8, 4) is 0 Å². The quantitative estimate of drug-likeness (QED) is 0.0272. The minimum Gasteiger partial charge on any atom is -0.477 e. The monoisotopic (exact) mass is 2090 g/mol. The molecule has 826 valence electrons. The van der Waals surface area contributed by atoms with Gasteiger partial charge in [-0.3, -0.25) is 24.0 Å². The van der Waals surface area contributed by atoms with Gasteiger partial charge in [-0.15, -0.1) is 0 Å². The third-order valence-corrected chi connectivity index (χ3v) is 26.0. The Kier molecular flexibility index (Phi) is 42.3. The summed E-state index contributed by atoms with van der Waals surface area (Å²) in [4.78, 5) is 77.7. The van der Waals surface area contributed by atoms with Crippen LogP contribution in [0, 0.1) is 0 Å². The van der Waals surface area contributed by atoms with Gasteiger partial charge in [0.05, 0.1) is 84.8 Å². The van der Waals surface area contributed by atoms with Crippen LogP contribution in [0.5, 0.6) is 0 Å². The van der Waals surface area contributed by atoms with Crippen LogP contribution in [0.2, 0.25) is 0 Å². The predicted molar refractivity (Wildman–Crippen MR) is 438 cm³/mol. The number of ether oxygens (including phenoxy) is 21. The van der Waals surface area contributed by atoms with E-state index in [1.807, 2.05) is 0 Å². The molecule has 37 N–H and O–H groups in total. The van der Waals surface area contributed by atoms with Gasteiger partial charge in [-0.25, -0.2) is 4.79 Å². The molecule has 11 rings (SSSR count). The predicted octanol–water partition coefficient (Wildman–Crippen LogP) is -25.1. The summed E-state index contributed by atoms with van der Waals surface area (Å²) in [5, 5.41) is 372. The van der Waals surface area contributed by atoms with Gasteiger partial charge in [-0.2, -0.15) is 0 Å². The number of carboxylic acid groups (broad SMARTS) is 1. The molecule has 64 heteroatoms. The van der Waals surface area contributed by atoms with Crippen LogP contribution in [0.3, 0.4) is 0 Å². The Morgan fingerprint density at radius 1 is 0.287 bits per heavy atom. The Balaban J connectivity index is 0.942. The van der Waals surface area contributed by atoms with Crippen molar-refractivity contribution < 1.29 is 292 Å². The topological polar surface area (TPSA) is 1000 Å². The lowest BCUT2D eigenvalue weighted by Crippen LogP contribution is -2.71. The fourth-order valence-electron chi connectivity index (χ4n) is 18.4. The zero-order valence-corrected chi connectivity index (χ0v) is 76.6. The Hall–Kier alpha value is -5.26. The highest BCUT2D eigenvalue weighted by molar-refractivity contribution is 5.77. The highest BCUT2D eigenvalue weighted by Crippen LogP contribution is 2.43. The SMILES string of the molecule is CC(=O)N[C@@H]1[C@@H](O)[C@H](O[C@@H]2O[C@H](CO)[C@@H](O[C@@H]3O[C@H](CO[C@H]4O[C@H](CO)[C@@H](O)[C@H](O)[C@@H]4O)[C@@H](O)[C@H](O[C@H]4O[C@H](CO)[C@@H](O[C@@H]5O[C@H](CO)[C@@H](O[C@@H]6O[C@H](CO[C@]7(C(=O)O)C[C@H](O)[C@@H](NC(C)=O)[C@H]([C@H](O)[C@H](O)CO)O7)[C@H](O)[C@H](O)[C@H]6O)[C@H](O)[C@H]5NC(C)=O)[C@H](O)[C@@H]4O[C@@H]4O[C@H](CO)[C@@H](O[C@@H]5O[C@H](CO)[C@H](O)[C@H](O[C@H]6O[C@H](CO)[C@H](O)[C@H](O)[C@H]6O)[C@H]5O)[C@H](O)[C@H]4NC(C)=O)[C@@H]3O)[C@H](O)[C@H]2NC(C)=O)[C@@H](CO)O[C@H]1O. The van der Waals surface area contributed by atoms with E-state index < -0.39 is 458 Å². The van der Waals surface area contributed by atoms with E-state index in [-0.39, 0.29) is 0 Å². The molecule has 5 amide bonds. The first-order valence-corrected chi connectivity index (χ1v) is 45.3. The molecular weight excluding hydrogens is 1960 g/mol. The van der Waals surface area contributed by atoms with E-state index in [0.717, 1.165) is 34.6 Å². The molecule has 64 nitrogen and oxygen atoms in total. The molecule has 0 bridgehead atoms. The summed E-state index contributed by atoms with van der Waals surface area (Å²) in [5.74, 6) is -10.1. The van der Waals surface area contributed by atoms with E-state index in [9.17, 15) is 192 Å². The summed E-state index contributed by atoms with van der Waals surface area (Å²) in [6, 6.07) is -9.84. The summed E-state index contributed by atoms with van der Waals surface area (Å²) in [7, 11) is 0. The van der Waals surface area contributed by atoms with Crippen molar-refractivity contribution in [3.05, 3.63) is 0 Å². The van der Waals surface area contributed by atoms with E-state index in [0.29, 0.717) is 0 Å². The second kappa shape index (κ2) is 51.2. The molecule has 0 radical (unpaired) electrons. The molecule has 11 fully saturated rings. The highest BCUT2D eigenvalue weighted by atomic mass is 16.8. The molecule has 11 heterocycles. The van der Waals surface area contributed by atoms with Gasteiger partial charge in [0, 0.05) is 41.0 Å². The first-order chi connectivity index (χ1) is 67.5. The highest BCUT2D eigenvalue weighted by Gasteiger charge is 2.64. The van der Waals surface area contributed by atoms with E-state index >= 15 is 0 Å². The van der Waals surface area contributed by atoms with Gasteiger partial charge in [-0.1, -0.05) is 0 Å². The Labute approximate surface area is 808 Å². The molecule has 11 aliphatic heterocycles. The minimum absolute atomic E-state index is 0.823. The molecule has 0 unspecified atom stereocenters. The van der Waals surface area contributed by atoms with E-state index in [4.69, 9.17) is 99.5 Å². The lowest BCUT2D eigenvalue weighted by molar-refractivity contribution is -0.407. The number of carbonyl (C=O) groups excluding carboxylic acids is 5. The molecule has 143 heavy (non-hydrogen) atoms. The van der Waals surface area contributed by atoms with Crippen LogP contribution in [0.15, 0.2) is 0 Å². The summed E-state index contributed by atoms with van der Waals surface area (Å²) in [6.07, 6.45) is -113. The van der Waals surface area contributed by atoms with Gasteiger partial charge < -0.3 is 289 Å². The van der Waals surface area contributed by atoms with E-state index in [1.165, 1.54) is 0 Å². The molecule has 0 saturated carbocycles. The third-order valence-electron chi connectivity index (χ3n) is 26.0. The van der Waals surface area contributed by atoms with Gasteiger partial charge in [0.2, 0.25) is 29.5 Å². The largest absolute Gasteiger partial charge is 0.477 e. The van der Waals surface area contributed by atoms with Gasteiger partial charge in [0.25, 0.3) is 5.79 Å². The fraction of sp³-hybridized carbons (Fsp3) is 0.924. The number of rotatable bonds is 39. The van der Waals surface area contributed by atoms with E-state index in [1.54, 1.807) is 0 Å². The number of aliphatic carboxylic acids is 1. The number of aliphatic hydroxyl groups is 31. The maximum absolute atomic E-state index is 13.6. The Bertz CT molecular complexity index is 4030. The molecule has 11 aliphatic rings. The average molecular weight is 2090 g/mol. The number of aliphatic hydroxyl groups excluding tert-OH is 31. The summed E-state index contributed by atoms with van der Waals surface area (Å²) in [5.41, 5.74) is 0. The van der Waals surface area contributed by atoms with Crippen molar-refractivity contribution in [3.63, 3.8) is 0 Å². The van der Waals surface area contributed by atoms with Crippen LogP contribution in [-0.4, -0.2) is 615 Å². The summed E-state index contributed by atoms with van der Waals surface area (Å²) >= 11 is 0. The lowest BCUT2D eigenvalue weighted by Gasteiger charge is -2.52. The van der Waals surface area contributed by atoms with Crippen LogP contribution >= 0.6 is 0 Å².